The first-order valence-corrected chi connectivity index (χ1v) is 7.64. The molecule has 0 bridgehead atoms. The molecular weight excluding hydrogens is 242 g/mol. The Morgan fingerprint density at radius 2 is 1.89 bits per heavy atom. The van der Waals surface area contributed by atoms with Crippen molar-refractivity contribution in [3.05, 3.63) is 0 Å². The van der Waals surface area contributed by atoms with E-state index in [1.165, 1.54) is 6.42 Å². The summed E-state index contributed by atoms with van der Waals surface area (Å²) in [4.78, 5) is 26.2. The minimum absolute atomic E-state index is 0.103. The smallest absolute Gasteiger partial charge is 0.310 e. The van der Waals surface area contributed by atoms with Crippen LogP contribution in [0.15, 0.2) is 0 Å². The molecule has 2 aliphatic carbocycles. The number of likely N-dealkylation sites (tertiary alicyclic amines) is 1. The third-order valence-electron chi connectivity index (χ3n) is 4.95. The van der Waals surface area contributed by atoms with Gasteiger partial charge in [-0.1, -0.05) is 0 Å². The first-order valence-electron chi connectivity index (χ1n) is 7.64. The van der Waals surface area contributed by atoms with Crippen LogP contribution in [0.4, 0.5) is 0 Å². The van der Waals surface area contributed by atoms with Gasteiger partial charge in [0.15, 0.2) is 0 Å². The largest absolute Gasteiger partial charge is 0.466 e. The summed E-state index contributed by atoms with van der Waals surface area (Å²) in [5, 5.41) is 0. The van der Waals surface area contributed by atoms with Gasteiger partial charge in [0.05, 0.1) is 12.5 Å². The lowest BCUT2D eigenvalue weighted by Crippen LogP contribution is -2.45. The summed E-state index contributed by atoms with van der Waals surface area (Å²) in [6, 6.07) is 0. The number of ether oxygens (including phenoxy) is 1. The minimum atomic E-state index is -0.130. The Kier molecular flexibility index (Phi) is 3.50. The predicted octanol–water partition coefficient (Wildman–Crippen LogP) is 1.83. The van der Waals surface area contributed by atoms with E-state index < -0.39 is 0 Å². The van der Waals surface area contributed by atoms with Gasteiger partial charge in [0, 0.05) is 19.0 Å². The van der Waals surface area contributed by atoms with Crippen LogP contribution < -0.4 is 0 Å². The van der Waals surface area contributed by atoms with Crippen molar-refractivity contribution in [1.82, 2.24) is 4.90 Å². The molecule has 0 aromatic heterocycles. The van der Waals surface area contributed by atoms with Crippen LogP contribution in [0.25, 0.3) is 0 Å². The third-order valence-corrected chi connectivity index (χ3v) is 4.95. The summed E-state index contributed by atoms with van der Waals surface area (Å²) in [6.07, 6.45) is 5.30. The number of rotatable bonds is 3. The molecule has 3 fully saturated rings. The fraction of sp³-hybridized carbons (Fsp3) is 0.867. The zero-order chi connectivity index (χ0) is 13.4. The maximum absolute atomic E-state index is 12.5. The molecule has 4 heteroatoms. The van der Waals surface area contributed by atoms with Crippen LogP contribution >= 0.6 is 0 Å². The number of piperidine rings is 1. The summed E-state index contributed by atoms with van der Waals surface area (Å²) >= 11 is 0. The number of fused-ring (bicyclic) bond motifs is 1. The molecule has 3 atom stereocenters. The first-order chi connectivity index (χ1) is 9.19. The van der Waals surface area contributed by atoms with Crippen LogP contribution in [0.3, 0.4) is 0 Å². The van der Waals surface area contributed by atoms with Crippen molar-refractivity contribution < 1.29 is 14.3 Å². The molecule has 0 aromatic rings. The van der Waals surface area contributed by atoms with Crippen LogP contribution in [-0.4, -0.2) is 36.5 Å². The van der Waals surface area contributed by atoms with Crippen LogP contribution in [0.5, 0.6) is 0 Å². The SMILES string of the molecule is CCOC(=O)[C@@H]1CCCN(C(=O)C2CC3CC3C2)C1. The summed E-state index contributed by atoms with van der Waals surface area (Å²) in [5.41, 5.74) is 0. The molecule has 1 amide bonds. The quantitative estimate of drug-likeness (QED) is 0.731. The van der Waals surface area contributed by atoms with E-state index in [2.05, 4.69) is 0 Å². The maximum Gasteiger partial charge on any atom is 0.310 e. The van der Waals surface area contributed by atoms with Gasteiger partial charge in [-0.15, -0.1) is 0 Å². The molecule has 3 rings (SSSR count). The molecule has 3 aliphatic rings. The molecular formula is C15H23NO3. The number of nitrogens with zero attached hydrogens (tertiary/aromatic N) is 1. The molecule has 1 aliphatic heterocycles. The third kappa shape index (κ3) is 2.63. The van der Waals surface area contributed by atoms with E-state index in [-0.39, 0.29) is 17.8 Å². The molecule has 2 unspecified atom stereocenters. The second-order valence-electron chi connectivity index (χ2n) is 6.30. The maximum atomic E-state index is 12.5. The highest BCUT2D eigenvalue weighted by Crippen LogP contribution is 2.54. The van der Waals surface area contributed by atoms with Crippen LogP contribution in [0.1, 0.15) is 39.0 Å². The van der Waals surface area contributed by atoms with E-state index in [0.29, 0.717) is 19.1 Å². The molecule has 0 spiro atoms. The topological polar surface area (TPSA) is 46.6 Å². The Bertz CT molecular complexity index is 372. The fourth-order valence-corrected chi connectivity index (χ4v) is 3.80. The lowest BCUT2D eigenvalue weighted by atomic mass is 9.95. The van der Waals surface area contributed by atoms with Crippen LogP contribution in [0.2, 0.25) is 0 Å². The van der Waals surface area contributed by atoms with Gasteiger partial charge < -0.3 is 9.64 Å². The highest BCUT2D eigenvalue weighted by atomic mass is 16.5. The van der Waals surface area contributed by atoms with Crippen molar-refractivity contribution in [3.8, 4) is 0 Å². The Morgan fingerprint density at radius 3 is 2.58 bits per heavy atom. The van der Waals surface area contributed by atoms with Crippen molar-refractivity contribution in [1.29, 1.82) is 0 Å². The summed E-state index contributed by atoms with van der Waals surface area (Å²) in [5.74, 6) is 1.97. The summed E-state index contributed by atoms with van der Waals surface area (Å²) < 4.78 is 5.08. The van der Waals surface area contributed by atoms with E-state index in [1.54, 1.807) is 0 Å². The average Bonchev–Trinajstić information content (AvgIpc) is 3.05. The van der Waals surface area contributed by atoms with E-state index in [1.807, 2.05) is 11.8 Å². The van der Waals surface area contributed by atoms with E-state index in [0.717, 1.165) is 44.1 Å². The molecule has 0 N–H and O–H groups in total. The lowest BCUT2D eigenvalue weighted by molar-refractivity contribution is -0.152. The van der Waals surface area contributed by atoms with Crippen LogP contribution in [0, 0.1) is 23.7 Å². The zero-order valence-electron chi connectivity index (χ0n) is 11.6. The highest BCUT2D eigenvalue weighted by molar-refractivity contribution is 5.81. The number of hydrogen-bond donors (Lipinski definition) is 0. The lowest BCUT2D eigenvalue weighted by Gasteiger charge is -2.33. The average molecular weight is 265 g/mol. The Balaban J connectivity index is 1.55. The molecule has 106 valence electrons. The molecule has 1 heterocycles. The first kappa shape index (κ1) is 12.9. The number of amides is 1. The number of carbonyl (C=O) groups excluding carboxylic acids is 2. The molecule has 0 radical (unpaired) electrons. The number of carbonyl (C=O) groups is 2. The minimum Gasteiger partial charge on any atom is -0.466 e. The van der Waals surface area contributed by atoms with Crippen molar-refractivity contribution in [2.75, 3.05) is 19.7 Å². The molecule has 4 nitrogen and oxygen atoms in total. The number of esters is 1. The van der Waals surface area contributed by atoms with Gasteiger partial charge in [0.2, 0.25) is 5.91 Å². The fourth-order valence-electron chi connectivity index (χ4n) is 3.80. The van der Waals surface area contributed by atoms with Crippen molar-refractivity contribution >= 4 is 11.9 Å². The number of hydrogen-bond acceptors (Lipinski definition) is 3. The predicted molar refractivity (Wildman–Crippen MR) is 70.3 cm³/mol. The summed E-state index contributed by atoms with van der Waals surface area (Å²) in [7, 11) is 0. The molecule has 19 heavy (non-hydrogen) atoms. The standard InChI is InChI=1S/C15H23NO3/c1-2-19-15(18)10-4-3-5-16(9-10)14(17)13-7-11-6-12(11)8-13/h10-13H,2-9H2,1H3/t10-,11?,12?,13?/m1/s1. The second kappa shape index (κ2) is 5.14. The van der Waals surface area contributed by atoms with E-state index in [9.17, 15) is 9.59 Å². The van der Waals surface area contributed by atoms with Gasteiger partial charge in [-0.05, 0) is 50.9 Å². The van der Waals surface area contributed by atoms with Crippen LogP contribution in [-0.2, 0) is 14.3 Å². The van der Waals surface area contributed by atoms with Gasteiger partial charge in [0.1, 0.15) is 0 Å². The molecule has 2 saturated carbocycles. The van der Waals surface area contributed by atoms with Gasteiger partial charge >= 0.3 is 5.97 Å². The Morgan fingerprint density at radius 1 is 1.16 bits per heavy atom. The van der Waals surface area contributed by atoms with Gasteiger partial charge in [0.25, 0.3) is 0 Å². The zero-order valence-corrected chi connectivity index (χ0v) is 11.6. The van der Waals surface area contributed by atoms with Gasteiger partial charge in [-0.3, -0.25) is 9.59 Å². The van der Waals surface area contributed by atoms with Gasteiger partial charge in [-0.25, -0.2) is 0 Å². The van der Waals surface area contributed by atoms with Gasteiger partial charge in [-0.2, -0.15) is 0 Å². The summed E-state index contributed by atoms with van der Waals surface area (Å²) in [6.45, 7) is 3.65. The monoisotopic (exact) mass is 265 g/mol. The Labute approximate surface area is 114 Å². The molecule has 1 saturated heterocycles. The Hall–Kier alpha value is -1.06. The highest BCUT2D eigenvalue weighted by Gasteiger charge is 2.49. The van der Waals surface area contributed by atoms with Crippen molar-refractivity contribution in [3.63, 3.8) is 0 Å². The van der Waals surface area contributed by atoms with Crippen molar-refractivity contribution in [2.24, 2.45) is 23.7 Å². The van der Waals surface area contributed by atoms with E-state index in [4.69, 9.17) is 4.74 Å². The van der Waals surface area contributed by atoms with Crippen molar-refractivity contribution in [2.45, 2.75) is 39.0 Å². The van der Waals surface area contributed by atoms with E-state index >= 15 is 0 Å². The second-order valence-corrected chi connectivity index (χ2v) is 6.30. The normalized spacial score (nSPS) is 36.8. The molecule has 0 aromatic carbocycles.